The first-order chi connectivity index (χ1) is 9.95. The fourth-order valence-electron chi connectivity index (χ4n) is 3.25. The maximum Gasteiger partial charge on any atom is 0.171 e. The highest BCUT2D eigenvalue weighted by Gasteiger charge is 2.03. The van der Waals surface area contributed by atoms with Crippen molar-refractivity contribution in [2.45, 2.75) is 90.0 Å². The van der Waals surface area contributed by atoms with E-state index >= 15 is 0 Å². The van der Waals surface area contributed by atoms with E-state index in [1.165, 1.54) is 95.6 Å². The van der Waals surface area contributed by atoms with Gasteiger partial charge in [-0.05, 0) is 25.3 Å². The molecule has 0 amide bonds. The average molecular weight is 401 g/mol. The Labute approximate surface area is 148 Å². The zero-order valence-electron chi connectivity index (χ0n) is 13.5. The second kappa shape index (κ2) is 12.4. The number of pyridine rings is 1. The second-order valence-corrected chi connectivity index (χ2v) is 6.44. The van der Waals surface area contributed by atoms with Gasteiger partial charge in [-0.2, -0.15) is 0 Å². The summed E-state index contributed by atoms with van der Waals surface area (Å²) in [6.07, 6.45) is 23.0. The monoisotopic (exact) mass is 401 g/mol. The molecular formula is C19H32IN. The topological polar surface area (TPSA) is 3.88 Å². The SMILES string of the molecule is [I-].c1cc2c[n+](c1)CCCCCCCCCCCCCC2. The first-order valence-electron chi connectivity index (χ1n) is 8.93. The molecule has 0 saturated heterocycles. The minimum atomic E-state index is 0. The van der Waals surface area contributed by atoms with Crippen molar-refractivity contribution in [1.82, 2.24) is 0 Å². The van der Waals surface area contributed by atoms with Crippen molar-refractivity contribution in [3.63, 3.8) is 0 Å². The lowest BCUT2D eigenvalue weighted by molar-refractivity contribution is -0.697. The van der Waals surface area contributed by atoms with Gasteiger partial charge < -0.3 is 24.0 Å². The second-order valence-electron chi connectivity index (χ2n) is 6.44. The molecule has 2 heteroatoms. The van der Waals surface area contributed by atoms with Gasteiger partial charge in [0.05, 0.1) is 0 Å². The van der Waals surface area contributed by atoms with Crippen LogP contribution in [-0.2, 0) is 13.0 Å². The predicted molar refractivity (Wildman–Crippen MR) is 85.7 cm³/mol. The smallest absolute Gasteiger partial charge is 0.171 e. The minimum absolute atomic E-state index is 0. The van der Waals surface area contributed by atoms with E-state index in [0.29, 0.717) is 0 Å². The zero-order chi connectivity index (χ0) is 13.9. The molecule has 1 aromatic rings. The van der Waals surface area contributed by atoms with Crippen LogP contribution in [0.2, 0.25) is 0 Å². The van der Waals surface area contributed by atoms with Gasteiger partial charge in [-0.15, -0.1) is 0 Å². The molecule has 2 heterocycles. The van der Waals surface area contributed by atoms with Crippen molar-refractivity contribution in [1.29, 1.82) is 0 Å². The number of aryl methyl sites for hydroxylation is 2. The molecule has 0 saturated carbocycles. The quantitative estimate of drug-likeness (QED) is 0.464. The molecule has 2 rings (SSSR count). The van der Waals surface area contributed by atoms with E-state index in [0.717, 1.165) is 0 Å². The van der Waals surface area contributed by atoms with E-state index in [2.05, 4.69) is 29.1 Å². The van der Waals surface area contributed by atoms with Gasteiger partial charge in [-0.3, -0.25) is 0 Å². The van der Waals surface area contributed by atoms with Gasteiger partial charge in [0.1, 0.15) is 6.54 Å². The van der Waals surface area contributed by atoms with Gasteiger partial charge in [0.15, 0.2) is 12.4 Å². The molecule has 0 aliphatic carbocycles. The molecule has 1 aliphatic rings. The molecule has 1 aliphatic heterocycles. The molecule has 120 valence electrons. The van der Waals surface area contributed by atoms with Gasteiger partial charge in [-0.25, -0.2) is 4.57 Å². The van der Waals surface area contributed by atoms with Crippen molar-refractivity contribution in [3.8, 4) is 0 Å². The first-order valence-corrected chi connectivity index (χ1v) is 8.93. The Morgan fingerprint density at radius 1 is 0.667 bits per heavy atom. The number of aromatic nitrogens is 1. The number of hydrogen-bond acceptors (Lipinski definition) is 0. The predicted octanol–water partition coefficient (Wildman–Crippen LogP) is 2.22. The summed E-state index contributed by atoms with van der Waals surface area (Å²) in [6.45, 7) is 1.20. The van der Waals surface area contributed by atoms with Crippen LogP contribution in [0, 0.1) is 0 Å². The standard InChI is InChI=1S/C19H32N.HI/c1-2-4-6-8-10-12-16-20-17-13-15-19(18-20)14-11-9-7-5-3-1;/h13,15,17-18H,1-12,14,16H2;1H/q+1;/p-1. The molecule has 0 aromatic carbocycles. The molecule has 1 aromatic heterocycles. The van der Waals surface area contributed by atoms with Gasteiger partial charge in [-0.1, -0.05) is 57.8 Å². The number of nitrogens with zero attached hydrogens (tertiary/aromatic N) is 1. The number of halogens is 1. The zero-order valence-corrected chi connectivity index (χ0v) is 15.7. The fourth-order valence-corrected chi connectivity index (χ4v) is 3.25. The van der Waals surface area contributed by atoms with Crippen molar-refractivity contribution >= 4 is 0 Å². The summed E-state index contributed by atoms with van der Waals surface area (Å²) < 4.78 is 2.40. The molecule has 0 atom stereocenters. The molecule has 0 N–H and O–H groups in total. The van der Waals surface area contributed by atoms with Crippen LogP contribution in [0.15, 0.2) is 24.5 Å². The Morgan fingerprint density at radius 3 is 1.81 bits per heavy atom. The Hall–Kier alpha value is -0.120. The highest BCUT2D eigenvalue weighted by Crippen LogP contribution is 2.13. The van der Waals surface area contributed by atoms with Crippen molar-refractivity contribution in [3.05, 3.63) is 30.1 Å². The molecule has 1 nitrogen and oxygen atoms in total. The largest absolute Gasteiger partial charge is 1.00 e. The molecule has 21 heavy (non-hydrogen) atoms. The van der Waals surface area contributed by atoms with Crippen LogP contribution < -0.4 is 28.5 Å². The minimum Gasteiger partial charge on any atom is -1.00 e. The van der Waals surface area contributed by atoms with E-state index < -0.39 is 0 Å². The van der Waals surface area contributed by atoms with Gasteiger partial charge >= 0.3 is 0 Å². The third-order valence-corrected chi connectivity index (χ3v) is 4.55. The van der Waals surface area contributed by atoms with E-state index in [9.17, 15) is 0 Å². The van der Waals surface area contributed by atoms with Crippen LogP contribution >= 0.6 is 0 Å². The maximum atomic E-state index is 2.40. The summed E-state index contributed by atoms with van der Waals surface area (Å²) in [4.78, 5) is 0. The number of hydrogen-bond donors (Lipinski definition) is 0. The van der Waals surface area contributed by atoms with Crippen LogP contribution in [0.4, 0.5) is 0 Å². The van der Waals surface area contributed by atoms with E-state index in [-0.39, 0.29) is 24.0 Å². The summed E-state index contributed by atoms with van der Waals surface area (Å²) in [6, 6.07) is 4.52. The highest BCUT2D eigenvalue weighted by atomic mass is 127. The third kappa shape index (κ3) is 8.80. The molecule has 0 spiro atoms. The lowest BCUT2D eigenvalue weighted by Crippen LogP contribution is -3.00. The molecule has 0 fully saturated rings. The van der Waals surface area contributed by atoms with Crippen LogP contribution in [-0.4, -0.2) is 0 Å². The molecular weight excluding hydrogens is 369 g/mol. The Kier molecular flexibility index (Phi) is 11.2. The van der Waals surface area contributed by atoms with Crippen molar-refractivity contribution < 1.29 is 28.5 Å². The average Bonchev–Trinajstić information content (AvgIpc) is 2.47. The van der Waals surface area contributed by atoms with E-state index in [1.807, 2.05) is 0 Å². The summed E-state index contributed by atoms with van der Waals surface area (Å²) in [5.41, 5.74) is 1.52. The summed E-state index contributed by atoms with van der Waals surface area (Å²) in [5, 5.41) is 0. The molecule has 0 unspecified atom stereocenters. The maximum absolute atomic E-state index is 2.40. The number of rotatable bonds is 0. The van der Waals surface area contributed by atoms with Crippen LogP contribution in [0.1, 0.15) is 82.6 Å². The fraction of sp³-hybridized carbons (Fsp3) is 0.737. The Morgan fingerprint density at radius 2 is 1.19 bits per heavy atom. The number of fused-ring (bicyclic) bond motifs is 2. The van der Waals surface area contributed by atoms with Crippen molar-refractivity contribution in [2.75, 3.05) is 0 Å². The van der Waals surface area contributed by atoms with Crippen LogP contribution in [0.3, 0.4) is 0 Å². The highest BCUT2D eigenvalue weighted by molar-refractivity contribution is 5.05. The van der Waals surface area contributed by atoms with Crippen LogP contribution in [0.25, 0.3) is 0 Å². The molecule has 0 radical (unpaired) electrons. The summed E-state index contributed by atoms with van der Waals surface area (Å²) >= 11 is 0. The first kappa shape index (κ1) is 18.9. The lowest BCUT2D eigenvalue weighted by atomic mass is 10.0. The van der Waals surface area contributed by atoms with Gasteiger partial charge in [0, 0.05) is 18.1 Å². The van der Waals surface area contributed by atoms with E-state index in [4.69, 9.17) is 0 Å². The van der Waals surface area contributed by atoms with Gasteiger partial charge in [0.25, 0.3) is 0 Å². The van der Waals surface area contributed by atoms with Crippen molar-refractivity contribution in [2.24, 2.45) is 0 Å². The van der Waals surface area contributed by atoms with E-state index in [1.54, 1.807) is 0 Å². The Bertz CT molecular complexity index is 333. The normalized spacial score (nSPS) is 19.2. The molecule has 2 bridgehead atoms. The third-order valence-electron chi connectivity index (χ3n) is 4.55. The summed E-state index contributed by atoms with van der Waals surface area (Å²) in [7, 11) is 0. The Balaban J connectivity index is 0.00000220. The van der Waals surface area contributed by atoms with Gasteiger partial charge in [0.2, 0.25) is 0 Å². The lowest BCUT2D eigenvalue weighted by Gasteiger charge is -2.02. The summed E-state index contributed by atoms with van der Waals surface area (Å²) in [5.74, 6) is 0. The van der Waals surface area contributed by atoms with Crippen LogP contribution in [0.5, 0.6) is 0 Å².